The number of nitro groups is 1. The van der Waals surface area contributed by atoms with Crippen LogP contribution in [0.25, 0.3) is 0 Å². The lowest BCUT2D eigenvalue weighted by Gasteiger charge is -2.12. The molecule has 0 spiro atoms. The summed E-state index contributed by atoms with van der Waals surface area (Å²) < 4.78 is 0. The van der Waals surface area contributed by atoms with Crippen molar-refractivity contribution in [2.24, 2.45) is 0 Å². The van der Waals surface area contributed by atoms with Crippen molar-refractivity contribution in [2.45, 2.75) is 11.3 Å². The first kappa shape index (κ1) is 14.5. The van der Waals surface area contributed by atoms with Crippen molar-refractivity contribution < 1.29 is 10.0 Å². The van der Waals surface area contributed by atoms with Crippen LogP contribution in [0.3, 0.4) is 0 Å². The molecule has 1 atom stereocenters. The highest BCUT2D eigenvalue weighted by Gasteiger charge is 2.23. The van der Waals surface area contributed by atoms with Crippen LogP contribution in [-0.2, 0) is 0 Å². The molecule has 0 saturated heterocycles. The number of aromatic nitrogens is 2. The van der Waals surface area contributed by atoms with Gasteiger partial charge >= 0.3 is 0 Å². The van der Waals surface area contributed by atoms with Crippen LogP contribution in [0.2, 0.25) is 0 Å². The summed E-state index contributed by atoms with van der Waals surface area (Å²) in [6.07, 6.45) is 2.20. The number of rotatable bonds is 4. The first-order valence-electron chi connectivity index (χ1n) is 5.83. The predicted molar refractivity (Wildman–Crippen MR) is 79.1 cm³/mol. The topological polar surface area (TPSA) is 89.2 Å². The molecule has 102 valence electrons. The third kappa shape index (κ3) is 2.97. The van der Waals surface area contributed by atoms with Crippen molar-refractivity contribution in [3.05, 3.63) is 51.8 Å². The molecule has 1 aromatic heterocycles. The quantitative estimate of drug-likeness (QED) is 0.289. The first-order chi connectivity index (χ1) is 9.52. The fourth-order valence-corrected chi connectivity index (χ4v) is 2.19. The molecule has 0 fully saturated rings. The minimum Gasteiger partial charge on any atom is -0.382 e. The highest BCUT2D eigenvalue weighted by molar-refractivity contribution is 7.98. The largest absolute Gasteiger partial charge is 0.382 e. The van der Waals surface area contributed by atoms with Crippen LogP contribution in [0, 0.1) is 10.1 Å². The Morgan fingerprint density at radius 1 is 1.45 bits per heavy atom. The number of nitro benzene ring substituents is 1. The number of benzene rings is 1. The Morgan fingerprint density at radius 2 is 2.20 bits per heavy atom. The molecule has 0 aliphatic carbocycles. The summed E-state index contributed by atoms with van der Waals surface area (Å²) in [5.41, 5.74) is 1.30. The Labute approximate surface area is 120 Å². The van der Waals surface area contributed by atoms with E-state index in [0.29, 0.717) is 10.9 Å². The van der Waals surface area contributed by atoms with Gasteiger partial charge in [-0.15, -0.1) is 0 Å². The fraction of sp³-hybridized carbons (Fsp3) is 0.167. The van der Waals surface area contributed by atoms with E-state index in [2.05, 4.69) is 9.97 Å². The number of aliphatic hydroxyl groups excluding tert-OH is 1. The van der Waals surface area contributed by atoms with Gasteiger partial charge in [-0.1, -0.05) is 29.4 Å². The zero-order valence-corrected chi connectivity index (χ0v) is 11.8. The molecule has 6 nitrogen and oxygen atoms in total. The third-order valence-corrected chi connectivity index (χ3v) is 3.35. The van der Waals surface area contributed by atoms with Crippen molar-refractivity contribution in [3.8, 4) is 0 Å². The number of nitrogens with zero attached hydrogens (tertiary/aromatic N) is 3. The SMILES string of the molecule is Bc1ccc([N+](=O)[O-])c(C(O)c2ccnc(SC)n2)c1. The van der Waals surface area contributed by atoms with Crippen molar-refractivity contribution in [1.82, 2.24) is 9.97 Å². The van der Waals surface area contributed by atoms with Gasteiger partial charge in [-0.25, -0.2) is 9.97 Å². The molecule has 2 aromatic rings. The van der Waals surface area contributed by atoms with Crippen molar-refractivity contribution in [3.63, 3.8) is 0 Å². The zero-order chi connectivity index (χ0) is 14.7. The maximum absolute atomic E-state index is 11.0. The van der Waals surface area contributed by atoms with Gasteiger partial charge in [0.15, 0.2) is 5.16 Å². The van der Waals surface area contributed by atoms with E-state index in [-0.39, 0.29) is 11.3 Å². The first-order valence-corrected chi connectivity index (χ1v) is 7.05. The van der Waals surface area contributed by atoms with Crippen molar-refractivity contribution >= 4 is 30.8 Å². The summed E-state index contributed by atoms with van der Waals surface area (Å²) in [6, 6.07) is 6.19. The Morgan fingerprint density at radius 3 is 2.85 bits per heavy atom. The average molecular weight is 289 g/mol. The number of thioether (sulfide) groups is 1. The highest BCUT2D eigenvalue weighted by atomic mass is 32.2. The monoisotopic (exact) mass is 289 g/mol. The molecule has 1 heterocycles. The van der Waals surface area contributed by atoms with Crippen molar-refractivity contribution in [1.29, 1.82) is 0 Å². The Kier molecular flexibility index (Phi) is 4.36. The Hall–Kier alpha value is -1.93. The molecular weight excluding hydrogens is 277 g/mol. The number of aliphatic hydroxyl groups is 1. The molecule has 20 heavy (non-hydrogen) atoms. The summed E-state index contributed by atoms with van der Waals surface area (Å²) >= 11 is 1.34. The van der Waals surface area contributed by atoms with E-state index in [1.54, 1.807) is 18.2 Å². The molecular formula is C12H12BN3O3S. The van der Waals surface area contributed by atoms with Crippen LogP contribution in [0.15, 0.2) is 35.6 Å². The maximum atomic E-state index is 11.0. The molecule has 0 bridgehead atoms. The minimum absolute atomic E-state index is 0.118. The Balaban J connectivity index is 2.49. The summed E-state index contributed by atoms with van der Waals surface area (Å²) in [6.45, 7) is 0. The summed E-state index contributed by atoms with van der Waals surface area (Å²) in [5, 5.41) is 21.9. The molecule has 1 aromatic carbocycles. The molecule has 0 aliphatic rings. The fourth-order valence-electron chi connectivity index (χ4n) is 1.82. The van der Waals surface area contributed by atoms with E-state index < -0.39 is 11.0 Å². The smallest absolute Gasteiger partial charge is 0.275 e. The number of hydrogen-bond donors (Lipinski definition) is 1. The van der Waals surface area contributed by atoms with E-state index >= 15 is 0 Å². The van der Waals surface area contributed by atoms with E-state index in [1.807, 2.05) is 14.1 Å². The van der Waals surface area contributed by atoms with E-state index in [4.69, 9.17) is 0 Å². The van der Waals surface area contributed by atoms with E-state index in [0.717, 1.165) is 5.46 Å². The zero-order valence-electron chi connectivity index (χ0n) is 11.0. The molecule has 0 aliphatic heterocycles. The van der Waals surface area contributed by atoms with Gasteiger partial charge in [0.2, 0.25) is 0 Å². The molecule has 1 N–H and O–H groups in total. The van der Waals surface area contributed by atoms with Gasteiger partial charge < -0.3 is 5.11 Å². The molecule has 1 unspecified atom stereocenters. The van der Waals surface area contributed by atoms with Crippen LogP contribution in [0.1, 0.15) is 17.4 Å². The van der Waals surface area contributed by atoms with Gasteiger partial charge in [0.25, 0.3) is 5.69 Å². The molecule has 0 saturated carbocycles. The summed E-state index contributed by atoms with van der Waals surface area (Å²) in [7, 11) is 1.81. The van der Waals surface area contributed by atoms with Crippen LogP contribution in [0.4, 0.5) is 5.69 Å². The van der Waals surface area contributed by atoms with Crippen LogP contribution >= 0.6 is 11.8 Å². The van der Waals surface area contributed by atoms with E-state index in [9.17, 15) is 15.2 Å². The molecule has 0 radical (unpaired) electrons. The van der Waals surface area contributed by atoms with Gasteiger partial charge in [0, 0.05) is 12.3 Å². The van der Waals surface area contributed by atoms with Gasteiger partial charge in [0.05, 0.1) is 16.2 Å². The predicted octanol–water partition coefficient (Wildman–Crippen LogP) is 0.447. The van der Waals surface area contributed by atoms with Crippen molar-refractivity contribution in [2.75, 3.05) is 6.26 Å². The van der Waals surface area contributed by atoms with Gasteiger partial charge in [0.1, 0.15) is 14.0 Å². The second-order valence-corrected chi connectivity index (χ2v) is 4.96. The maximum Gasteiger partial charge on any atom is 0.275 e. The normalized spacial score (nSPS) is 12.1. The lowest BCUT2D eigenvalue weighted by atomic mass is 9.91. The molecule has 0 amide bonds. The van der Waals surface area contributed by atoms with Crippen LogP contribution in [-0.4, -0.2) is 34.1 Å². The highest BCUT2D eigenvalue weighted by Crippen LogP contribution is 2.28. The van der Waals surface area contributed by atoms with Gasteiger partial charge in [-0.05, 0) is 12.3 Å². The molecule has 2 rings (SSSR count). The second kappa shape index (κ2) is 6.02. The Bertz CT molecular complexity index is 654. The van der Waals surface area contributed by atoms with E-state index in [1.165, 1.54) is 24.0 Å². The third-order valence-electron chi connectivity index (χ3n) is 2.79. The summed E-state index contributed by atoms with van der Waals surface area (Å²) in [5.74, 6) is 0. The lowest BCUT2D eigenvalue weighted by Crippen LogP contribution is -2.11. The molecule has 8 heteroatoms. The van der Waals surface area contributed by atoms with Crippen LogP contribution in [0.5, 0.6) is 0 Å². The minimum atomic E-state index is -1.15. The average Bonchev–Trinajstić information content (AvgIpc) is 2.46. The van der Waals surface area contributed by atoms with Crippen LogP contribution < -0.4 is 5.46 Å². The lowest BCUT2D eigenvalue weighted by molar-refractivity contribution is -0.386. The summed E-state index contributed by atoms with van der Waals surface area (Å²) in [4.78, 5) is 18.7. The second-order valence-electron chi connectivity index (χ2n) is 4.19. The standard InChI is InChI=1S/C12H12BN3O3S/c1-20-12-14-5-4-9(15-12)11(17)8-6-7(13)2-3-10(8)16(18)19/h2-6,11,17H,13H2,1H3. The van der Waals surface area contributed by atoms with Gasteiger partial charge in [-0.3, -0.25) is 10.1 Å². The van der Waals surface area contributed by atoms with Gasteiger partial charge in [-0.2, -0.15) is 0 Å². The number of hydrogen-bond acceptors (Lipinski definition) is 6.